The molecule has 10 heteroatoms. The maximum atomic E-state index is 14.6. The van der Waals surface area contributed by atoms with E-state index in [9.17, 15) is 30.7 Å². The van der Waals surface area contributed by atoms with Gasteiger partial charge in [-0.15, -0.1) is 0 Å². The Kier molecular flexibility index (Phi) is 8.07. The molecule has 2 aromatic rings. The highest BCUT2D eigenvalue weighted by Gasteiger charge is 2.39. The Morgan fingerprint density at radius 3 is 2.17 bits per heavy atom. The zero-order valence-corrected chi connectivity index (χ0v) is 18.7. The lowest BCUT2D eigenvalue weighted by atomic mass is 10.0. The van der Waals surface area contributed by atoms with Gasteiger partial charge in [-0.3, -0.25) is 0 Å². The predicted octanol–water partition coefficient (Wildman–Crippen LogP) is 7.25. The summed E-state index contributed by atoms with van der Waals surface area (Å²) in [4.78, 5) is 0. The Labute approximate surface area is 197 Å². The number of ether oxygens (including phenoxy) is 3. The first kappa shape index (κ1) is 26.5. The van der Waals surface area contributed by atoms with Crippen molar-refractivity contribution in [3.63, 3.8) is 0 Å². The van der Waals surface area contributed by atoms with Crippen LogP contribution in [0.5, 0.6) is 5.75 Å². The van der Waals surface area contributed by atoms with Crippen LogP contribution in [0.1, 0.15) is 13.8 Å². The second kappa shape index (κ2) is 10.7. The average Bonchev–Trinajstić information content (AvgIpc) is 2.80. The van der Waals surface area contributed by atoms with Gasteiger partial charge in [-0.1, -0.05) is 19.6 Å². The van der Waals surface area contributed by atoms with Gasteiger partial charge in [0, 0.05) is 23.1 Å². The summed E-state index contributed by atoms with van der Waals surface area (Å²) in [5.74, 6) is -8.04. The van der Waals surface area contributed by atoms with Crippen molar-refractivity contribution in [3.8, 4) is 16.9 Å². The van der Waals surface area contributed by atoms with Crippen molar-refractivity contribution in [1.29, 1.82) is 0 Å². The molecule has 0 saturated carbocycles. The average molecular weight is 502 g/mol. The van der Waals surface area contributed by atoms with E-state index in [2.05, 4.69) is 11.3 Å². The van der Waals surface area contributed by atoms with Gasteiger partial charge < -0.3 is 14.2 Å². The molecular weight excluding hydrogens is 481 g/mol. The van der Waals surface area contributed by atoms with Crippen molar-refractivity contribution >= 4 is 0 Å². The molecule has 0 aliphatic carbocycles. The van der Waals surface area contributed by atoms with Crippen LogP contribution in [0.15, 0.2) is 66.0 Å². The van der Waals surface area contributed by atoms with E-state index < -0.39 is 58.4 Å². The van der Waals surface area contributed by atoms with Gasteiger partial charge in [-0.2, -0.15) is 8.78 Å². The molecule has 1 aliphatic rings. The van der Waals surface area contributed by atoms with Gasteiger partial charge in [0.2, 0.25) is 0 Å². The molecule has 2 aromatic carbocycles. The molecule has 1 fully saturated rings. The third kappa shape index (κ3) is 6.12. The zero-order valence-electron chi connectivity index (χ0n) is 18.7. The summed E-state index contributed by atoms with van der Waals surface area (Å²) in [6.45, 7) is 7.16. The predicted molar refractivity (Wildman–Crippen MR) is 114 cm³/mol. The highest BCUT2D eigenvalue weighted by Crippen LogP contribution is 2.35. The van der Waals surface area contributed by atoms with E-state index in [4.69, 9.17) is 9.47 Å². The highest BCUT2D eigenvalue weighted by molar-refractivity contribution is 5.65. The number of halogens is 7. The molecule has 0 N–H and O–H groups in total. The molecule has 1 saturated heterocycles. The van der Waals surface area contributed by atoms with Gasteiger partial charge in [-0.25, -0.2) is 22.0 Å². The summed E-state index contributed by atoms with van der Waals surface area (Å²) in [6, 6.07) is 3.39. The van der Waals surface area contributed by atoms with E-state index in [-0.39, 0.29) is 17.1 Å². The second-order valence-corrected chi connectivity index (χ2v) is 7.88. The van der Waals surface area contributed by atoms with Crippen molar-refractivity contribution in [3.05, 3.63) is 89.3 Å². The summed E-state index contributed by atoms with van der Waals surface area (Å²) in [5.41, 5.74) is -1.95. The summed E-state index contributed by atoms with van der Waals surface area (Å²) in [7, 11) is 0. The molecule has 0 atom stereocenters. The van der Waals surface area contributed by atoms with Crippen molar-refractivity contribution in [2.45, 2.75) is 26.2 Å². The first-order chi connectivity index (χ1) is 16.4. The van der Waals surface area contributed by atoms with Gasteiger partial charge in [0.15, 0.2) is 23.7 Å². The van der Waals surface area contributed by atoms with Crippen LogP contribution in [0.4, 0.5) is 30.7 Å². The minimum absolute atomic E-state index is 0.124. The van der Waals surface area contributed by atoms with Crippen LogP contribution in [0, 0.1) is 29.2 Å². The van der Waals surface area contributed by atoms with E-state index >= 15 is 0 Å². The normalized spacial score (nSPS) is 19.6. The van der Waals surface area contributed by atoms with Gasteiger partial charge in [0.05, 0.1) is 18.8 Å². The molecule has 3 rings (SSSR count). The second-order valence-electron chi connectivity index (χ2n) is 7.88. The zero-order chi connectivity index (χ0) is 25.9. The van der Waals surface area contributed by atoms with Crippen LogP contribution >= 0.6 is 0 Å². The SMILES string of the molecule is C=C(/C(F)=C\C(=C/C)C1OCC(C)CO1)C(F)(F)Oc1ccc(-c2cc(F)c(F)c(F)c2)c(F)c1. The molecule has 35 heavy (non-hydrogen) atoms. The molecule has 0 unspecified atom stereocenters. The molecule has 0 spiro atoms. The first-order valence-electron chi connectivity index (χ1n) is 10.4. The fourth-order valence-electron chi connectivity index (χ4n) is 3.17. The van der Waals surface area contributed by atoms with Gasteiger partial charge in [0.25, 0.3) is 0 Å². The molecule has 1 heterocycles. The van der Waals surface area contributed by atoms with Crippen LogP contribution in [-0.4, -0.2) is 25.6 Å². The number of allylic oxidation sites excluding steroid dienone is 1. The Bertz CT molecular complexity index is 1140. The minimum Gasteiger partial charge on any atom is -0.429 e. The lowest BCUT2D eigenvalue weighted by Crippen LogP contribution is -2.32. The van der Waals surface area contributed by atoms with Crippen molar-refractivity contribution in [2.75, 3.05) is 13.2 Å². The van der Waals surface area contributed by atoms with Gasteiger partial charge in [-0.05, 0) is 42.8 Å². The lowest BCUT2D eigenvalue weighted by molar-refractivity contribution is -0.175. The number of hydrogen-bond acceptors (Lipinski definition) is 3. The molecule has 0 radical (unpaired) electrons. The maximum absolute atomic E-state index is 14.6. The topological polar surface area (TPSA) is 27.7 Å². The number of benzene rings is 2. The standard InChI is InChI=1S/C25H21F7O3/c1-4-15(24-33-11-13(2)12-34-24)7-19(26)14(3)25(31,32)35-17-5-6-18(20(27)10-17)16-8-21(28)23(30)22(29)9-16/h4-10,13,24H,3,11-12H2,1-2H3/b15-4+,19-7+. The molecule has 0 aromatic heterocycles. The Morgan fingerprint density at radius 2 is 1.63 bits per heavy atom. The molecule has 1 aliphatic heterocycles. The summed E-state index contributed by atoms with van der Waals surface area (Å²) in [5, 5.41) is 0. The Balaban J connectivity index is 1.77. The van der Waals surface area contributed by atoms with E-state index in [0.717, 1.165) is 18.2 Å². The number of rotatable bonds is 7. The van der Waals surface area contributed by atoms with Crippen LogP contribution < -0.4 is 4.74 Å². The number of hydrogen-bond donors (Lipinski definition) is 0. The first-order valence-corrected chi connectivity index (χ1v) is 10.4. The van der Waals surface area contributed by atoms with Crippen molar-refractivity contribution in [2.24, 2.45) is 5.92 Å². The third-order valence-corrected chi connectivity index (χ3v) is 5.08. The third-order valence-electron chi connectivity index (χ3n) is 5.08. The highest BCUT2D eigenvalue weighted by atomic mass is 19.3. The molecular formula is C25H21F7O3. The fraction of sp³-hybridized carbons (Fsp3) is 0.280. The number of alkyl halides is 2. The smallest absolute Gasteiger partial charge is 0.428 e. The summed E-state index contributed by atoms with van der Waals surface area (Å²) < 4.78 is 114. The van der Waals surface area contributed by atoms with E-state index in [1.54, 1.807) is 6.92 Å². The van der Waals surface area contributed by atoms with Gasteiger partial charge >= 0.3 is 6.11 Å². The van der Waals surface area contributed by atoms with Crippen molar-refractivity contribution < 1.29 is 44.9 Å². The van der Waals surface area contributed by atoms with E-state index in [1.165, 1.54) is 6.08 Å². The molecule has 188 valence electrons. The molecule has 0 bridgehead atoms. The summed E-state index contributed by atoms with van der Waals surface area (Å²) >= 11 is 0. The van der Waals surface area contributed by atoms with Crippen molar-refractivity contribution in [1.82, 2.24) is 0 Å². The Hall–Kier alpha value is -3.11. The van der Waals surface area contributed by atoms with Crippen LogP contribution in [0.25, 0.3) is 11.1 Å². The van der Waals surface area contributed by atoms with Crippen LogP contribution in [0.2, 0.25) is 0 Å². The van der Waals surface area contributed by atoms with Gasteiger partial charge in [0.1, 0.15) is 17.4 Å². The molecule has 3 nitrogen and oxygen atoms in total. The summed E-state index contributed by atoms with van der Waals surface area (Å²) in [6.07, 6.45) is -3.01. The Morgan fingerprint density at radius 1 is 1.03 bits per heavy atom. The monoisotopic (exact) mass is 502 g/mol. The lowest BCUT2D eigenvalue weighted by Gasteiger charge is -2.28. The largest absolute Gasteiger partial charge is 0.429 e. The van der Waals surface area contributed by atoms with E-state index in [0.29, 0.717) is 31.4 Å². The van der Waals surface area contributed by atoms with Crippen LogP contribution in [0.3, 0.4) is 0 Å². The fourth-order valence-corrected chi connectivity index (χ4v) is 3.17. The molecule has 0 amide bonds. The quantitative estimate of drug-likeness (QED) is 0.227. The minimum atomic E-state index is -4.29. The van der Waals surface area contributed by atoms with E-state index in [1.807, 2.05) is 6.92 Å². The van der Waals surface area contributed by atoms with Crippen LogP contribution in [-0.2, 0) is 9.47 Å². The maximum Gasteiger partial charge on any atom is 0.428 e.